The van der Waals surface area contributed by atoms with Crippen molar-refractivity contribution in [3.05, 3.63) is 57.6 Å². The molecule has 0 bridgehead atoms. The molecule has 0 spiro atoms. The zero-order valence-corrected chi connectivity index (χ0v) is 47.2. The fourth-order valence-electron chi connectivity index (χ4n) is 9.75. The number of hydrogen-bond acceptors (Lipinski definition) is 6. The van der Waals surface area contributed by atoms with Crippen LogP contribution < -0.4 is 0 Å². The number of aryl methyl sites for hydroxylation is 2. The van der Waals surface area contributed by atoms with Gasteiger partial charge in [0.2, 0.25) is 6.29 Å². The van der Waals surface area contributed by atoms with E-state index in [0.717, 1.165) is 59.1 Å². The summed E-state index contributed by atoms with van der Waals surface area (Å²) in [7, 11) is 0. The lowest BCUT2D eigenvalue weighted by molar-refractivity contribution is -0.105. The summed E-state index contributed by atoms with van der Waals surface area (Å²) in [5.74, 6) is 0.653. The third-order valence-electron chi connectivity index (χ3n) is 14.2. The Morgan fingerprint density at radius 3 is 0.940 bits per heavy atom. The van der Waals surface area contributed by atoms with Crippen LogP contribution in [0.25, 0.3) is 0 Å². The zero-order valence-electron chi connectivity index (χ0n) is 45.5. The van der Waals surface area contributed by atoms with Gasteiger partial charge in [-0.1, -0.05) is 241 Å². The third kappa shape index (κ3) is 25.5. The Hall–Kier alpha value is -2.18. The highest BCUT2D eigenvalue weighted by Gasteiger charge is 2.41. The first-order chi connectivity index (χ1) is 31.8. The number of benzene rings is 2. The molecule has 2 N–H and O–H groups in total. The first-order valence-electron chi connectivity index (χ1n) is 27.9. The van der Waals surface area contributed by atoms with Crippen LogP contribution in [0.5, 0.6) is 11.5 Å². The number of ether oxygens (including phenoxy) is 2. The second-order valence-corrected chi connectivity index (χ2v) is 24.0. The maximum atomic E-state index is 11.1. The number of phenols is 2. The lowest BCUT2D eigenvalue weighted by Crippen LogP contribution is -2.43. The van der Waals surface area contributed by atoms with Crippen molar-refractivity contribution in [1.29, 1.82) is 0 Å². The van der Waals surface area contributed by atoms with Crippen molar-refractivity contribution >= 4 is 34.5 Å². The molecule has 0 radical (unpaired) electrons. The molecule has 0 aliphatic rings. The minimum absolute atomic E-state index is 0.241. The summed E-state index contributed by atoms with van der Waals surface area (Å²) in [5, 5.41) is 23.5. The van der Waals surface area contributed by atoms with E-state index in [-0.39, 0.29) is 10.8 Å². The molecule has 0 heterocycles. The van der Waals surface area contributed by atoms with E-state index in [0.29, 0.717) is 47.3 Å². The minimum Gasteiger partial charge on any atom is -0.508 e. The van der Waals surface area contributed by atoms with Crippen molar-refractivity contribution in [2.75, 3.05) is 0 Å². The molecule has 0 saturated heterocycles. The Labute approximate surface area is 425 Å². The van der Waals surface area contributed by atoms with Crippen LogP contribution in [0.3, 0.4) is 0 Å². The molecule has 67 heavy (non-hydrogen) atoms. The number of hydrogen-bond donors (Lipinski definition) is 2. The molecule has 0 fully saturated rings. The average Bonchev–Trinajstić information content (AvgIpc) is 3.24. The van der Waals surface area contributed by atoms with Gasteiger partial charge in [-0.15, -0.1) is 0 Å². The molecule has 0 amide bonds. The van der Waals surface area contributed by atoms with Gasteiger partial charge in [-0.3, -0.25) is 0 Å². The molecule has 384 valence electrons. The summed E-state index contributed by atoms with van der Waals surface area (Å²) in [6, 6.07) is 8.20. The summed E-state index contributed by atoms with van der Waals surface area (Å²) in [4.78, 5) is 0. The van der Waals surface area contributed by atoms with Crippen LogP contribution in [0.4, 0.5) is 0 Å². The maximum Gasteiger partial charge on any atom is 0.248 e. The molecule has 0 aliphatic heterocycles. The zero-order chi connectivity index (χ0) is 49.7. The van der Waals surface area contributed by atoms with E-state index in [2.05, 4.69) is 88.3 Å². The molecule has 0 aliphatic carbocycles. The molecule has 6 heteroatoms. The Kier molecular flexibility index (Phi) is 30.4. The van der Waals surface area contributed by atoms with Gasteiger partial charge < -0.3 is 19.7 Å². The maximum absolute atomic E-state index is 11.1. The molecule has 2 aromatic rings. The molecule has 0 atom stereocenters. The smallest absolute Gasteiger partial charge is 0.248 e. The lowest BCUT2D eigenvalue weighted by atomic mass is 9.73. The van der Waals surface area contributed by atoms with E-state index in [1.807, 2.05) is 12.1 Å². The van der Waals surface area contributed by atoms with E-state index in [9.17, 15) is 10.2 Å². The van der Waals surface area contributed by atoms with Crippen molar-refractivity contribution in [3.63, 3.8) is 0 Å². The average molecular weight is 966 g/mol. The van der Waals surface area contributed by atoms with E-state index in [1.54, 1.807) is 0 Å². The molecule has 0 unspecified atom stereocenters. The summed E-state index contributed by atoms with van der Waals surface area (Å²) < 4.78 is 13.8. The van der Waals surface area contributed by atoms with Gasteiger partial charge in [0.25, 0.3) is 0 Å². The Balaban J connectivity index is 2.23. The Morgan fingerprint density at radius 2 is 0.687 bits per heavy atom. The van der Waals surface area contributed by atoms with Gasteiger partial charge in [-0.2, -0.15) is 0 Å². The number of rotatable bonds is 37. The van der Waals surface area contributed by atoms with Gasteiger partial charge in [0, 0.05) is 18.3 Å². The summed E-state index contributed by atoms with van der Waals surface area (Å²) in [6.07, 6.45) is 38.8. The second-order valence-electron chi connectivity index (χ2n) is 23.1. The van der Waals surface area contributed by atoms with E-state index >= 15 is 0 Å². The van der Waals surface area contributed by atoms with Gasteiger partial charge in [0.15, 0.2) is 10.1 Å². The molecule has 4 nitrogen and oxygen atoms in total. The highest BCUT2D eigenvalue weighted by atomic mass is 32.1. The van der Waals surface area contributed by atoms with Crippen molar-refractivity contribution < 1.29 is 19.7 Å². The monoisotopic (exact) mass is 965 g/mol. The van der Waals surface area contributed by atoms with Crippen LogP contribution in [0, 0.1) is 19.3 Å². The topological polar surface area (TPSA) is 58.9 Å². The van der Waals surface area contributed by atoms with E-state index < -0.39 is 11.7 Å². The summed E-state index contributed by atoms with van der Waals surface area (Å²) in [5.41, 5.74) is 5.09. The molecule has 0 aromatic heterocycles. The largest absolute Gasteiger partial charge is 0.508 e. The summed E-state index contributed by atoms with van der Waals surface area (Å²) >= 11 is 12.2. The fraction of sp³-hybridized carbons (Fsp3) is 0.770. The van der Waals surface area contributed by atoms with Gasteiger partial charge >= 0.3 is 0 Å². The first-order valence-corrected chi connectivity index (χ1v) is 28.7. The van der Waals surface area contributed by atoms with E-state index in [4.69, 9.17) is 33.9 Å². The van der Waals surface area contributed by atoms with Crippen molar-refractivity contribution in [2.45, 2.75) is 299 Å². The van der Waals surface area contributed by atoms with Crippen LogP contribution in [-0.2, 0) is 33.1 Å². The van der Waals surface area contributed by atoms with Crippen LogP contribution in [0.2, 0.25) is 0 Å². The third-order valence-corrected chi connectivity index (χ3v) is 14.8. The normalized spacial score (nSPS) is 12.3. The Bertz CT molecular complexity index is 1550. The van der Waals surface area contributed by atoms with Gasteiger partial charge in [-0.25, -0.2) is 0 Å². The molecular formula is C61H104O4S2. The minimum atomic E-state index is -0.719. The number of unbranched alkanes of at least 4 members (excludes halogenated alkanes) is 26. The number of aromatic hydroxyl groups is 2. The van der Waals surface area contributed by atoms with Crippen LogP contribution in [0.1, 0.15) is 288 Å². The predicted octanol–water partition coefficient (Wildman–Crippen LogP) is 19.9. The van der Waals surface area contributed by atoms with Crippen molar-refractivity contribution in [3.8, 4) is 11.5 Å². The standard InChI is InChI=1S/C61H104O4S2/c1-12-14-16-18-20-22-24-26-28-30-32-34-36-38-40-56(66)64-58(65-57(67)41-39-37-35-33-31-29-27-25-23-21-19-17-15-13-2)61(11,46-50-44-52(59(5,6)7)54(62)42-48(50)3)47-51-45-53(60(8,9)10)55(63)43-49(51)4/h42-45,58,62-63H,12-41,46-47H2,1-11H3. The van der Waals surface area contributed by atoms with Crippen LogP contribution in [0.15, 0.2) is 24.3 Å². The molecule has 2 rings (SSSR count). The summed E-state index contributed by atoms with van der Waals surface area (Å²) in [6.45, 7) is 23.9. The number of phenolic OH excluding ortho intramolecular Hbond substituents is 2. The SMILES string of the molecule is CCCCCCCCCCCCCCCCC(=S)OC(OC(=S)CCCCCCCCCCCCCCCC)C(C)(Cc1cc(C(C)(C)C)c(O)cc1C)Cc1cc(C(C)(C)C)c(O)cc1C. The quantitative estimate of drug-likeness (QED) is 0.0400. The molecule has 0 saturated carbocycles. The number of thiocarbonyl (C=S) groups is 2. The second kappa shape index (κ2) is 33.4. The van der Waals surface area contributed by atoms with Gasteiger partial charge in [-0.05, 0) is 120 Å². The van der Waals surface area contributed by atoms with Crippen molar-refractivity contribution in [1.82, 2.24) is 0 Å². The first kappa shape index (κ1) is 60.9. The lowest BCUT2D eigenvalue weighted by Gasteiger charge is -2.39. The Morgan fingerprint density at radius 1 is 0.433 bits per heavy atom. The van der Waals surface area contributed by atoms with Gasteiger partial charge in [0.1, 0.15) is 11.5 Å². The fourth-order valence-corrected chi connectivity index (χ4v) is 10.2. The highest BCUT2D eigenvalue weighted by Crippen LogP contribution is 2.42. The highest BCUT2D eigenvalue weighted by molar-refractivity contribution is 7.80. The van der Waals surface area contributed by atoms with Gasteiger partial charge in [0.05, 0.1) is 0 Å². The van der Waals surface area contributed by atoms with Crippen molar-refractivity contribution in [2.24, 2.45) is 5.41 Å². The molecular weight excluding hydrogens is 861 g/mol. The predicted molar refractivity (Wildman–Crippen MR) is 300 cm³/mol. The van der Waals surface area contributed by atoms with Crippen LogP contribution in [-0.4, -0.2) is 26.6 Å². The van der Waals surface area contributed by atoms with Crippen LogP contribution >= 0.6 is 24.4 Å². The van der Waals surface area contributed by atoms with E-state index in [1.165, 1.54) is 154 Å². The molecule has 2 aromatic carbocycles.